The number of hydrogen-bond donors (Lipinski definition) is 4. The van der Waals surface area contributed by atoms with Crippen LogP contribution in [0.1, 0.15) is 34.0 Å². The molecule has 0 heterocycles. The standard InChI is InChI=1S/C22H17F3N2O4/c1-14(28)19(21(30)27-31)26-20(29)17-10-6-15(7-11-17)4-2-3-5-16-8-12-18(13-9-16)22(23,24)25/h6-14,19,28,31H,1H3,(H,26,29)(H,27,30)/t14-,19+/m1/s1. The number of rotatable bonds is 4. The number of hydroxylamine groups is 1. The maximum absolute atomic E-state index is 12.5. The minimum Gasteiger partial charge on any atom is -0.391 e. The van der Waals surface area contributed by atoms with Crippen molar-refractivity contribution in [1.29, 1.82) is 0 Å². The molecule has 0 radical (unpaired) electrons. The molecule has 31 heavy (non-hydrogen) atoms. The molecule has 2 aromatic rings. The van der Waals surface area contributed by atoms with Gasteiger partial charge in [0.05, 0.1) is 11.7 Å². The maximum atomic E-state index is 12.5. The third kappa shape index (κ3) is 6.89. The molecule has 6 nitrogen and oxygen atoms in total. The Morgan fingerprint density at radius 1 is 0.935 bits per heavy atom. The number of alkyl halides is 3. The van der Waals surface area contributed by atoms with Crippen LogP contribution in [0.5, 0.6) is 0 Å². The van der Waals surface area contributed by atoms with Crippen molar-refractivity contribution in [2.24, 2.45) is 0 Å². The van der Waals surface area contributed by atoms with Crippen LogP contribution in [0.3, 0.4) is 0 Å². The van der Waals surface area contributed by atoms with Crippen LogP contribution in [-0.2, 0) is 11.0 Å². The molecule has 0 aliphatic carbocycles. The van der Waals surface area contributed by atoms with Crippen LogP contribution in [-0.4, -0.2) is 34.3 Å². The van der Waals surface area contributed by atoms with Crippen molar-refractivity contribution in [3.63, 3.8) is 0 Å². The molecule has 2 atom stereocenters. The Hall–Kier alpha value is -3.79. The molecule has 0 fully saturated rings. The van der Waals surface area contributed by atoms with Crippen LogP contribution < -0.4 is 10.8 Å². The van der Waals surface area contributed by atoms with Crippen molar-refractivity contribution in [3.8, 4) is 23.7 Å². The molecule has 0 saturated carbocycles. The average Bonchev–Trinajstić information content (AvgIpc) is 2.74. The SMILES string of the molecule is C[C@@H](O)[C@H](NC(=O)c1ccc(C#CC#Cc2ccc(C(F)(F)F)cc2)cc1)C(=O)NO. The van der Waals surface area contributed by atoms with Gasteiger partial charge in [0.2, 0.25) is 0 Å². The molecule has 0 aromatic heterocycles. The predicted molar refractivity (Wildman–Crippen MR) is 105 cm³/mol. The lowest BCUT2D eigenvalue weighted by molar-refractivity contribution is -0.137. The summed E-state index contributed by atoms with van der Waals surface area (Å²) >= 11 is 0. The Bertz CT molecular complexity index is 1050. The van der Waals surface area contributed by atoms with E-state index in [1.165, 1.54) is 48.8 Å². The second-order valence-corrected chi connectivity index (χ2v) is 6.32. The molecule has 2 rings (SSSR count). The zero-order chi connectivity index (χ0) is 23.0. The second-order valence-electron chi connectivity index (χ2n) is 6.32. The van der Waals surface area contributed by atoms with Gasteiger partial charge < -0.3 is 10.4 Å². The molecule has 2 amide bonds. The molecule has 4 N–H and O–H groups in total. The van der Waals surface area contributed by atoms with E-state index in [9.17, 15) is 27.9 Å². The normalized spacial score (nSPS) is 12.3. The minimum atomic E-state index is -4.41. The van der Waals surface area contributed by atoms with Crippen molar-refractivity contribution in [3.05, 3.63) is 70.8 Å². The zero-order valence-corrected chi connectivity index (χ0v) is 16.1. The molecule has 0 bridgehead atoms. The Labute approximate surface area is 176 Å². The van der Waals surface area contributed by atoms with Gasteiger partial charge in [0.15, 0.2) is 0 Å². The number of carbonyl (C=O) groups is 2. The number of aliphatic hydroxyl groups is 1. The van der Waals surface area contributed by atoms with E-state index in [1.54, 1.807) is 0 Å². The third-order valence-electron chi connectivity index (χ3n) is 4.00. The van der Waals surface area contributed by atoms with Crippen LogP contribution in [0.4, 0.5) is 13.2 Å². The van der Waals surface area contributed by atoms with E-state index in [-0.39, 0.29) is 5.56 Å². The van der Waals surface area contributed by atoms with Crippen LogP contribution >= 0.6 is 0 Å². The lowest BCUT2D eigenvalue weighted by Crippen LogP contribution is -2.51. The molecule has 9 heteroatoms. The number of aliphatic hydroxyl groups excluding tert-OH is 1. The Morgan fingerprint density at radius 2 is 1.42 bits per heavy atom. The largest absolute Gasteiger partial charge is 0.416 e. The molecule has 2 aromatic carbocycles. The summed E-state index contributed by atoms with van der Waals surface area (Å²) in [7, 11) is 0. The van der Waals surface area contributed by atoms with E-state index in [1.807, 2.05) is 0 Å². The highest BCUT2D eigenvalue weighted by atomic mass is 19.4. The van der Waals surface area contributed by atoms with Crippen molar-refractivity contribution in [1.82, 2.24) is 10.8 Å². The summed E-state index contributed by atoms with van der Waals surface area (Å²) in [6.07, 6.45) is -5.64. The number of halogens is 3. The fourth-order valence-electron chi connectivity index (χ4n) is 2.35. The van der Waals surface area contributed by atoms with E-state index in [4.69, 9.17) is 5.21 Å². The molecular weight excluding hydrogens is 413 g/mol. The Morgan fingerprint density at radius 3 is 1.84 bits per heavy atom. The first-order chi connectivity index (χ1) is 14.6. The quantitative estimate of drug-likeness (QED) is 0.339. The predicted octanol–water partition coefficient (Wildman–Crippen LogP) is 2.09. The van der Waals surface area contributed by atoms with Crippen molar-refractivity contribution >= 4 is 11.8 Å². The fourth-order valence-corrected chi connectivity index (χ4v) is 2.35. The number of amides is 2. The number of hydrogen-bond acceptors (Lipinski definition) is 4. The van der Waals surface area contributed by atoms with E-state index >= 15 is 0 Å². The summed E-state index contributed by atoms with van der Waals surface area (Å²) < 4.78 is 37.6. The molecule has 0 spiro atoms. The minimum absolute atomic E-state index is 0.192. The van der Waals surface area contributed by atoms with Crippen molar-refractivity contribution in [2.45, 2.75) is 25.2 Å². The molecule has 160 valence electrons. The van der Waals surface area contributed by atoms with Crippen LogP contribution in [0.2, 0.25) is 0 Å². The first-order valence-corrected chi connectivity index (χ1v) is 8.84. The first-order valence-electron chi connectivity index (χ1n) is 8.84. The van der Waals surface area contributed by atoms with Gasteiger partial charge in [-0.2, -0.15) is 13.2 Å². The number of benzene rings is 2. The molecule has 0 aliphatic heterocycles. The Balaban J connectivity index is 2.03. The summed E-state index contributed by atoms with van der Waals surface area (Å²) in [4.78, 5) is 23.6. The maximum Gasteiger partial charge on any atom is 0.416 e. The summed E-state index contributed by atoms with van der Waals surface area (Å²) in [5.41, 5.74) is 1.71. The topological polar surface area (TPSA) is 98.7 Å². The van der Waals surface area contributed by atoms with Gasteiger partial charge in [0.25, 0.3) is 11.8 Å². The number of carbonyl (C=O) groups excluding carboxylic acids is 2. The van der Waals surface area contributed by atoms with Crippen molar-refractivity contribution < 1.29 is 33.1 Å². The molecule has 0 unspecified atom stereocenters. The summed E-state index contributed by atoms with van der Waals surface area (Å²) in [6.45, 7) is 1.28. The van der Waals surface area contributed by atoms with E-state index in [0.29, 0.717) is 11.1 Å². The monoisotopic (exact) mass is 430 g/mol. The highest BCUT2D eigenvalue weighted by Gasteiger charge is 2.29. The van der Waals surface area contributed by atoms with Gasteiger partial charge in [0.1, 0.15) is 6.04 Å². The van der Waals surface area contributed by atoms with Crippen LogP contribution in [0.25, 0.3) is 0 Å². The lowest BCUT2D eigenvalue weighted by atomic mass is 10.1. The average molecular weight is 430 g/mol. The fraction of sp³-hybridized carbons (Fsp3) is 0.182. The van der Waals surface area contributed by atoms with Crippen LogP contribution in [0, 0.1) is 23.7 Å². The first kappa shape index (κ1) is 23.5. The van der Waals surface area contributed by atoms with Crippen molar-refractivity contribution in [2.75, 3.05) is 0 Å². The van der Waals surface area contributed by atoms with E-state index in [2.05, 4.69) is 29.0 Å². The van der Waals surface area contributed by atoms with Gasteiger partial charge in [-0.3, -0.25) is 14.8 Å². The summed E-state index contributed by atoms with van der Waals surface area (Å²) in [5, 5.41) is 20.5. The van der Waals surface area contributed by atoms with Gasteiger partial charge in [-0.15, -0.1) is 0 Å². The highest BCUT2D eigenvalue weighted by Crippen LogP contribution is 2.28. The van der Waals surface area contributed by atoms with E-state index in [0.717, 1.165) is 12.1 Å². The zero-order valence-electron chi connectivity index (χ0n) is 16.1. The number of nitrogens with one attached hydrogen (secondary N) is 2. The molecule has 0 saturated heterocycles. The third-order valence-corrected chi connectivity index (χ3v) is 4.00. The summed E-state index contributed by atoms with van der Waals surface area (Å²) in [5.74, 6) is 8.86. The van der Waals surface area contributed by atoms with Gasteiger partial charge >= 0.3 is 6.18 Å². The molecule has 0 aliphatic rings. The van der Waals surface area contributed by atoms with E-state index < -0.39 is 35.7 Å². The summed E-state index contributed by atoms with van der Waals surface area (Å²) in [6, 6.07) is 9.00. The van der Waals surface area contributed by atoms with Gasteiger partial charge in [-0.25, -0.2) is 5.48 Å². The van der Waals surface area contributed by atoms with Crippen LogP contribution in [0.15, 0.2) is 48.5 Å². The van der Waals surface area contributed by atoms with Gasteiger partial charge in [-0.1, -0.05) is 11.8 Å². The highest BCUT2D eigenvalue weighted by molar-refractivity contribution is 5.97. The lowest BCUT2D eigenvalue weighted by Gasteiger charge is -2.19. The smallest absolute Gasteiger partial charge is 0.391 e. The molecular formula is C22H17F3N2O4. The second kappa shape index (κ2) is 10.3. The van der Waals surface area contributed by atoms with Gasteiger partial charge in [-0.05, 0) is 67.3 Å². The van der Waals surface area contributed by atoms with Gasteiger partial charge in [0, 0.05) is 16.7 Å². The Kier molecular flexibility index (Phi) is 7.81.